The standard InChI is InChI=1S/C10H15NP.ClH/c1-3-11(4-2)12-10-8-6-5-7-9-10;/h5-9H,3-4H2,1-2H3;1H. The molecule has 0 saturated heterocycles. The molecule has 0 aliphatic rings. The van der Waals surface area contributed by atoms with Gasteiger partial charge in [-0.25, -0.2) is 0 Å². The van der Waals surface area contributed by atoms with E-state index >= 15 is 0 Å². The van der Waals surface area contributed by atoms with Gasteiger partial charge in [0, 0.05) is 8.73 Å². The minimum Gasteiger partial charge on any atom is -0.274 e. The van der Waals surface area contributed by atoms with Gasteiger partial charge in [-0.3, -0.25) is 4.67 Å². The summed E-state index contributed by atoms with van der Waals surface area (Å²) in [6.45, 7) is 6.62. The number of benzene rings is 1. The van der Waals surface area contributed by atoms with Crippen molar-refractivity contribution in [3.05, 3.63) is 30.3 Å². The molecule has 1 aromatic rings. The molecule has 0 aliphatic carbocycles. The molecule has 0 fully saturated rings. The van der Waals surface area contributed by atoms with Crippen LogP contribution in [-0.2, 0) is 0 Å². The first kappa shape index (κ1) is 12.9. The minimum atomic E-state index is 0. The summed E-state index contributed by atoms with van der Waals surface area (Å²) in [7, 11) is 1.33. The highest BCUT2D eigenvalue weighted by Gasteiger charge is 2.00. The molecule has 0 saturated carbocycles. The first-order valence-corrected chi connectivity index (χ1v) is 5.23. The van der Waals surface area contributed by atoms with Gasteiger partial charge in [0.05, 0.1) is 0 Å². The van der Waals surface area contributed by atoms with E-state index in [0.717, 1.165) is 13.1 Å². The van der Waals surface area contributed by atoms with E-state index in [1.54, 1.807) is 0 Å². The van der Waals surface area contributed by atoms with Crippen LogP contribution in [0.15, 0.2) is 30.3 Å². The Morgan fingerprint density at radius 3 is 2.08 bits per heavy atom. The number of hydrogen-bond acceptors (Lipinski definition) is 1. The Balaban J connectivity index is 0.00000144. The fourth-order valence-corrected chi connectivity index (χ4v) is 1.94. The van der Waals surface area contributed by atoms with Gasteiger partial charge < -0.3 is 0 Å². The van der Waals surface area contributed by atoms with E-state index in [2.05, 4.69) is 48.8 Å². The highest BCUT2D eigenvalue weighted by molar-refractivity contribution is 7.44. The van der Waals surface area contributed by atoms with Crippen LogP contribution in [0.1, 0.15) is 13.8 Å². The third-order valence-corrected chi connectivity index (χ3v) is 3.12. The Kier molecular flexibility index (Phi) is 7.26. The van der Waals surface area contributed by atoms with Gasteiger partial charge in [0.25, 0.3) is 0 Å². The fourth-order valence-electron chi connectivity index (χ4n) is 1.02. The van der Waals surface area contributed by atoms with Gasteiger partial charge in [-0.15, -0.1) is 12.4 Å². The maximum Gasteiger partial charge on any atom is 0.0420 e. The fraction of sp³-hybridized carbons (Fsp3) is 0.400. The smallest absolute Gasteiger partial charge is 0.0420 e. The van der Waals surface area contributed by atoms with E-state index in [1.807, 2.05) is 0 Å². The van der Waals surface area contributed by atoms with Crippen molar-refractivity contribution in [2.24, 2.45) is 0 Å². The van der Waals surface area contributed by atoms with Gasteiger partial charge >= 0.3 is 0 Å². The van der Waals surface area contributed by atoms with Crippen molar-refractivity contribution in [2.45, 2.75) is 13.8 Å². The van der Waals surface area contributed by atoms with E-state index in [4.69, 9.17) is 0 Å². The zero-order valence-electron chi connectivity index (χ0n) is 8.10. The lowest BCUT2D eigenvalue weighted by Gasteiger charge is -2.15. The van der Waals surface area contributed by atoms with Crippen molar-refractivity contribution in [1.29, 1.82) is 0 Å². The average molecular weight is 217 g/mol. The van der Waals surface area contributed by atoms with Crippen LogP contribution < -0.4 is 5.30 Å². The third kappa shape index (κ3) is 4.61. The van der Waals surface area contributed by atoms with Crippen molar-refractivity contribution in [2.75, 3.05) is 13.1 Å². The topological polar surface area (TPSA) is 3.24 Å². The molecule has 1 nitrogen and oxygen atoms in total. The van der Waals surface area contributed by atoms with Crippen LogP contribution in [0.25, 0.3) is 0 Å². The zero-order chi connectivity index (χ0) is 8.81. The molecular weight excluding hydrogens is 201 g/mol. The molecule has 3 heteroatoms. The molecule has 0 heterocycles. The number of nitrogens with zero attached hydrogens (tertiary/aromatic N) is 1. The predicted octanol–water partition coefficient (Wildman–Crippen LogP) is 2.94. The summed E-state index contributed by atoms with van der Waals surface area (Å²) in [5.74, 6) is 0. The molecule has 0 unspecified atom stereocenters. The molecule has 0 atom stereocenters. The summed E-state index contributed by atoms with van der Waals surface area (Å²) in [6, 6.07) is 10.6. The summed E-state index contributed by atoms with van der Waals surface area (Å²) < 4.78 is 2.38. The Morgan fingerprint density at radius 2 is 1.62 bits per heavy atom. The molecule has 0 aliphatic heterocycles. The van der Waals surface area contributed by atoms with Crippen LogP contribution in [0.2, 0.25) is 0 Å². The van der Waals surface area contributed by atoms with Gasteiger partial charge in [0.1, 0.15) is 0 Å². The van der Waals surface area contributed by atoms with Gasteiger partial charge in [-0.2, -0.15) is 0 Å². The number of halogens is 1. The van der Waals surface area contributed by atoms with E-state index in [0.29, 0.717) is 0 Å². The van der Waals surface area contributed by atoms with Crippen LogP contribution in [0.4, 0.5) is 0 Å². The van der Waals surface area contributed by atoms with E-state index < -0.39 is 0 Å². The molecule has 1 radical (unpaired) electrons. The lowest BCUT2D eigenvalue weighted by atomic mass is 10.4. The molecule has 0 amide bonds. The molecule has 13 heavy (non-hydrogen) atoms. The predicted molar refractivity (Wildman–Crippen MR) is 63.2 cm³/mol. The number of hydrogen-bond donors (Lipinski definition) is 0. The molecule has 1 aromatic carbocycles. The Hall–Kier alpha value is -0.100. The second-order valence-electron chi connectivity index (χ2n) is 2.57. The van der Waals surface area contributed by atoms with Crippen molar-refractivity contribution in [3.8, 4) is 0 Å². The van der Waals surface area contributed by atoms with E-state index in [1.165, 1.54) is 14.0 Å². The maximum absolute atomic E-state index is 2.38. The zero-order valence-corrected chi connectivity index (χ0v) is 9.81. The summed E-state index contributed by atoms with van der Waals surface area (Å²) in [6.07, 6.45) is 0. The molecule has 73 valence electrons. The minimum absolute atomic E-state index is 0. The van der Waals surface area contributed by atoms with Gasteiger partial charge in [-0.05, 0) is 18.4 Å². The second kappa shape index (κ2) is 7.32. The van der Waals surface area contributed by atoms with Crippen LogP contribution in [-0.4, -0.2) is 17.8 Å². The van der Waals surface area contributed by atoms with Gasteiger partial charge in [0.15, 0.2) is 0 Å². The van der Waals surface area contributed by atoms with E-state index in [9.17, 15) is 0 Å². The van der Waals surface area contributed by atoms with E-state index in [-0.39, 0.29) is 12.4 Å². The first-order valence-electron chi connectivity index (χ1n) is 4.38. The molecule has 0 spiro atoms. The van der Waals surface area contributed by atoms with Crippen LogP contribution in [0.5, 0.6) is 0 Å². The van der Waals surface area contributed by atoms with Gasteiger partial charge in [0.2, 0.25) is 0 Å². The van der Waals surface area contributed by atoms with Crippen LogP contribution >= 0.6 is 21.1 Å². The quantitative estimate of drug-likeness (QED) is 0.700. The second-order valence-corrected chi connectivity index (χ2v) is 3.86. The Bertz CT molecular complexity index is 211. The number of rotatable bonds is 4. The third-order valence-electron chi connectivity index (χ3n) is 1.74. The summed E-state index contributed by atoms with van der Waals surface area (Å²) in [5, 5.41) is 1.38. The van der Waals surface area contributed by atoms with Crippen molar-refractivity contribution < 1.29 is 0 Å². The lowest BCUT2D eigenvalue weighted by Crippen LogP contribution is -2.15. The molecule has 0 N–H and O–H groups in total. The Labute approximate surface area is 88.8 Å². The first-order chi connectivity index (χ1) is 5.86. The SMILES string of the molecule is CCN(CC)[P]c1ccccc1.Cl. The normalized spacial score (nSPS) is 10.7. The maximum atomic E-state index is 2.38. The summed E-state index contributed by atoms with van der Waals surface area (Å²) in [5.41, 5.74) is 0. The van der Waals surface area contributed by atoms with Gasteiger partial charge in [-0.1, -0.05) is 44.2 Å². The Morgan fingerprint density at radius 1 is 1.08 bits per heavy atom. The highest BCUT2D eigenvalue weighted by atomic mass is 35.5. The van der Waals surface area contributed by atoms with Crippen molar-refractivity contribution in [1.82, 2.24) is 4.67 Å². The molecular formula is C10H16ClNP. The summed E-state index contributed by atoms with van der Waals surface area (Å²) in [4.78, 5) is 0. The molecule has 1 rings (SSSR count). The van der Waals surface area contributed by atoms with Crippen molar-refractivity contribution >= 4 is 26.4 Å². The van der Waals surface area contributed by atoms with Crippen LogP contribution in [0, 0.1) is 0 Å². The average Bonchev–Trinajstić information content (AvgIpc) is 2.16. The highest BCUT2D eigenvalue weighted by Crippen LogP contribution is 2.15. The lowest BCUT2D eigenvalue weighted by molar-refractivity contribution is 0.519. The monoisotopic (exact) mass is 216 g/mol. The molecule has 0 aromatic heterocycles. The van der Waals surface area contributed by atoms with Crippen molar-refractivity contribution in [3.63, 3.8) is 0 Å². The summed E-state index contributed by atoms with van der Waals surface area (Å²) >= 11 is 0. The van der Waals surface area contributed by atoms with Crippen LogP contribution in [0.3, 0.4) is 0 Å². The largest absolute Gasteiger partial charge is 0.274 e. The molecule has 0 bridgehead atoms.